The van der Waals surface area contributed by atoms with Gasteiger partial charge in [0.25, 0.3) is 0 Å². The molecule has 0 aliphatic carbocycles. The first-order valence-corrected chi connectivity index (χ1v) is 3.05. The molecule has 0 saturated carbocycles. The Morgan fingerprint density at radius 1 is 1.67 bits per heavy atom. The van der Waals surface area contributed by atoms with E-state index in [-0.39, 0.29) is 6.42 Å². The minimum atomic E-state index is -0.968. The molecule has 0 atom stereocenters. The van der Waals surface area contributed by atoms with Crippen molar-refractivity contribution < 1.29 is 9.90 Å². The highest BCUT2D eigenvalue weighted by Crippen LogP contribution is 1.85. The predicted octanol–water partition coefficient (Wildman–Crippen LogP) is 0.769. The number of hydrogen-bond donors (Lipinski definition) is 0. The largest absolute Gasteiger partial charge is 0.356 e. The summed E-state index contributed by atoms with van der Waals surface area (Å²) in [6.07, 6.45) is 0.167. The fourth-order valence-corrected chi connectivity index (χ4v) is 0.518. The molecule has 0 amide bonds. The van der Waals surface area contributed by atoms with Gasteiger partial charge in [-0.05, 0) is 0 Å². The van der Waals surface area contributed by atoms with E-state index in [0.717, 1.165) is 0 Å². The van der Waals surface area contributed by atoms with E-state index in [4.69, 9.17) is 0 Å². The first-order valence-electron chi connectivity index (χ1n) is 1.53. The molecule has 0 unspecified atom stereocenters. The minimum absolute atomic E-state index is 0.167. The second-order valence-corrected chi connectivity index (χ2v) is 1.89. The molecule has 0 saturated heterocycles. The summed E-state index contributed by atoms with van der Waals surface area (Å²) in [6, 6.07) is 0. The second-order valence-electron chi connectivity index (χ2n) is 0.811. The van der Waals surface area contributed by atoms with Crippen LogP contribution in [0.1, 0.15) is 6.42 Å². The van der Waals surface area contributed by atoms with Crippen LogP contribution in [0.25, 0.3) is 0 Å². The Kier molecular flexibility index (Phi) is 3.51. The summed E-state index contributed by atoms with van der Waals surface area (Å²) in [7, 11) is 0. The molecule has 0 aromatic heterocycles. The van der Waals surface area contributed by atoms with Crippen LogP contribution in [0, 0.1) is 0 Å². The fraction of sp³-hybridized carbons (Fsp3) is 0.667. The summed E-state index contributed by atoms with van der Waals surface area (Å²) in [5.74, 6) is -0.968. The Morgan fingerprint density at radius 3 is 2.17 bits per heavy atom. The zero-order chi connectivity index (χ0) is 4.99. The third kappa shape index (κ3) is 4.20. The Morgan fingerprint density at radius 2 is 2.17 bits per heavy atom. The normalized spacial score (nSPS) is 8.17. The van der Waals surface area contributed by atoms with Crippen LogP contribution in [-0.2, 0) is 9.90 Å². The van der Waals surface area contributed by atoms with Gasteiger partial charge in [-0.2, -0.15) is 0 Å². The fourth-order valence-electron chi connectivity index (χ4n) is 0.0772. The van der Waals surface area contributed by atoms with Crippen LogP contribution in [0.3, 0.4) is 0 Å². The van der Waals surface area contributed by atoms with Crippen LogP contribution < -0.4 is 0 Å². The van der Waals surface area contributed by atoms with Gasteiger partial charge in [-0.3, -0.25) is 0 Å². The highest BCUT2D eigenvalue weighted by atomic mass is 127. The number of halogens is 1. The first-order chi connectivity index (χ1) is 2.77. The van der Waals surface area contributed by atoms with E-state index in [1.54, 1.807) is 0 Å². The van der Waals surface area contributed by atoms with Crippen molar-refractivity contribution in [3.05, 3.63) is 0 Å². The standard InChI is InChI=1S/C3H4IO2/c4-2-1-3(5)6/h1-2H2. The Bertz CT molecular complexity index is 52.8. The Labute approximate surface area is 49.7 Å². The summed E-state index contributed by atoms with van der Waals surface area (Å²) in [6.45, 7) is 0. The number of alkyl halides is 1. The SMILES string of the molecule is [O]C(=O)CCI. The van der Waals surface area contributed by atoms with Gasteiger partial charge in [-0.25, -0.2) is 9.90 Å². The molecule has 0 fully saturated rings. The van der Waals surface area contributed by atoms with Crippen molar-refractivity contribution >= 4 is 28.6 Å². The summed E-state index contributed by atoms with van der Waals surface area (Å²) in [4.78, 5) is 9.48. The number of carbonyl (C=O) groups is 1. The molecule has 0 heterocycles. The van der Waals surface area contributed by atoms with Crippen LogP contribution in [0.5, 0.6) is 0 Å². The van der Waals surface area contributed by atoms with E-state index in [0.29, 0.717) is 4.43 Å². The van der Waals surface area contributed by atoms with Gasteiger partial charge in [-0.15, -0.1) is 0 Å². The van der Waals surface area contributed by atoms with Crippen LogP contribution >= 0.6 is 22.6 Å². The van der Waals surface area contributed by atoms with E-state index in [1.165, 1.54) is 0 Å². The lowest BCUT2D eigenvalue weighted by Gasteiger charge is -1.74. The maximum absolute atomic E-state index is 9.48. The summed E-state index contributed by atoms with van der Waals surface area (Å²) >= 11 is 1.98. The smallest absolute Gasteiger partial charge is 0.247 e. The maximum Gasteiger partial charge on any atom is 0.356 e. The van der Waals surface area contributed by atoms with E-state index in [1.807, 2.05) is 22.6 Å². The molecule has 0 bridgehead atoms. The third-order valence-electron chi connectivity index (χ3n) is 0.299. The molecule has 0 aromatic carbocycles. The lowest BCUT2D eigenvalue weighted by atomic mass is 10.5. The minimum Gasteiger partial charge on any atom is -0.247 e. The summed E-state index contributed by atoms with van der Waals surface area (Å²) in [5, 5.41) is 9.48. The van der Waals surface area contributed by atoms with Crippen molar-refractivity contribution in [1.29, 1.82) is 0 Å². The highest BCUT2D eigenvalue weighted by molar-refractivity contribution is 14.1. The van der Waals surface area contributed by atoms with Gasteiger partial charge in [0.1, 0.15) is 0 Å². The molecule has 0 aliphatic rings. The van der Waals surface area contributed by atoms with E-state index in [9.17, 15) is 9.90 Å². The van der Waals surface area contributed by atoms with E-state index in [2.05, 4.69) is 0 Å². The second kappa shape index (κ2) is 3.39. The highest BCUT2D eigenvalue weighted by Gasteiger charge is 1.92. The van der Waals surface area contributed by atoms with Crippen LogP contribution in [0.2, 0.25) is 0 Å². The van der Waals surface area contributed by atoms with Gasteiger partial charge in [0.05, 0.1) is 6.42 Å². The Hall–Kier alpha value is 0.200. The maximum atomic E-state index is 9.48. The van der Waals surface area contributed by atoms with E-state index < -0.39 is 5.97 Å². The van der Waals surface area contributed by atoms with Crippen molar-refractivity contribution in [3.63, 3.8) is 0 Å². The van der Waals surface area contributed by atoms with Crippen molar-refractivity contribution in [2.45, 2.75) is 6.42 Å². The van der Waals surface area contributed by atoms with Gasteiger partial charge in [0.2, 0.25) is 0 Å². The van der Waals surface area contributed by atoms with Crippen molar-refractivity contribution in [2.24, 2.45) is 0 Å². The van der Waals surface area contributed by atoms with Crippen molar-refractivity contribution in [1.82, 2.24) is 0 Å². The molecule has 0 rings (SSSR count). The lowest BCUT2D eigenvalue weighted by molar-refractivity contribution is -0.142. The average molecular weight is 199 g/mol. The molecule has 2 nitrogen and oxygen atoms in total. The van der Waals surface area contributed by atoms with Gasteiger partial charge in [0.15, 0.2) is 0 Å². The molecule has 1 radical (unpaired) electrons. The van der Waals surface area contributed by atoms with Gasteiger partial charge < -0.3 is 0 Å². The molecular formula is C3H4IO2. The van der Waals surface area contributed by atoms with Crippen LogP contribution in [-0.4, -0.2) is 10.4 Å². The topological polar surface area (TPSA) is 37.0 Å². The molecule has 35 valence electrons. The molecule has 0 N–H and O–H groups in total. The zero-order valence-electron chi connectivity index (χ0n) is 3.11. The summed E-state index contributed by atoms with van der Waals surface area (Å²) in [5.41, 5.74) is 0. The van der Waals surface area contributed by atoms with Crippen molar-refractivity contribution in [3.8, 4) is 0 Å². The monoisotopic (exact) mass is 199 g/mol. The van der Waals surface area contributed by atoms with Crippen LogP contribution in [0.4, 0.5) is 0 Å². The average Bonchev–Trinajstić information content (AvgIpc) is 1.35. The first kappa shape index (κ1) is 6.20. The zero-order valence-corrected chi connectivity index (χ0v) is 5.27. The van der Waals surface area contributed by atoms with Gasteiger partial charge in [0, 0.05) is 4.43 Å². The summed E-state index contributed by atoms with van der Waals surface area (Å²) < 4.78 is 0.639. The Balaban J connectivity index is 2.83. The quantitative estimate of drug-likeness (QED) is 0.477. The molecule has 0 aliphatic heterocycles. The molecular weight excluding hydrogens is 195 g/mol. The number of hydrogen-bond acceptors (Lipinski definition) is 1. The van der Waals surface area contributed by atoms with Crippen LogP contribution in [0.15, 0.2) is 0 Å². The van der Waals surface area contributed by atoms with Gasteiger partial charge in [-0.1, -0.05) is 22.6 Å². The number of carbonyl (C=O) groups excluding carboxylic acids is 1. The van der Waals surface area contributed by atoms with Crippen molar-refractivity contribution in [2.75, 3.05) is 4.43 Å². The lowest BCUT2D eigenvalue weighted by Crippen LogP contribution is -1.90. The molecule has 0 aromatic rings. The third-order valence-corrected chi connectivity index (χ3v) is 0.838. The molecule has 0 spiro atoms. The molecule has 6 heavy (non-hydrogen) atoms. The predicted molar refractivity (Wildman–Crippen MR) is 29.2 cm³/mol. The van der Waals surface area contributed by atoms with E-state index >= 15 is 0 Å². The molecule has 3 heteroatoms. The number of rotatable bonds is 2. The van der Waals surface area contributed by atoms with Gasteiger partial charge >= 0.3 is 5.97 Å².